The minimum Gasteiger partial charge on any atom is -0.497 e. The minimum atomic E-state index is -3.81. The first-order valence-electron chi connectivity index (χ1n) is 8.02. The number of anilines is 1. The van der Waals surface area contributed by atoms with Gasteiger partial charge in [-0.05, 0) is 42.0 Å². The van der Waals surface area contributed by atoms with E-state index in [1.165, 1.54) is 24.6 Å². The third-order valence-electron chi connectivity index (χ3n) is 3.69. The van der Waals surface area contributed by atoms with Gasteiger partial charge in [-0.15, -0.1) is 11.3 Å². The molecule has 7 nitrogen and oxygen atoms in total. The molecule has 2 N–H and O–H groups in total. The Bertz CT molecular complexity index is 1060. The van der Waals surface area contributed by atoms with Crippen LogP contribution in [0.4, 0.5) is 5.13 Å². The number of methoxy groups -OCH3 is 1. The maximum Gasteiger partial charge on any atom is 0.271 e. The van der Waals surface area contributed by atoms with Crippen molar-refractivity contribution in [3.8, 4) is 5.75 Å². The van der Waals surface area contributed by atoms with Gasteiger partial charge in [0.25, 0.3) is 15.9 Å². The van der Waals surface area contributed by atoms with Gasteiger partial charge in [0, 0.05) is 16.9 Å². The second-order valence-electron chi connectivity index (χ2n) is 5.63. The molecule has 1 aromatic heterocycles. The molecule has 0 aliphatic carbocycles. The molecule has 1 amide bonds. The van der Waals surface area contributed by atoms with Crippen molar-refractivity contribution in [3.05, 3.63) is 70.2 Å². The van der Waals surface area contributed by atoms with Crippen LogP contribution in [-0.4, -0.2) is 26.4 Å². The van der Waals surface area contributed by atoms with Gasteiger partial charge in [-0.3, -0.25) is 9.52 Å². The van der Waals surface area contributed by atoms with Crippen LogP contribution in [0.5, 0.6) is 5.75 Å². The smallest absolute Gasteiger partial charge is 0.271 e. The molecular formula is C18H16ClN3O4S2. The zero-order valence-electron chi connectivity index (χ0n) is 14.7. The van der Waals surface area contributed by atoms with E-state index in [4.69, 9.17) is 16.3 Å². The number of hydrogen-bond acceptors (Lipinski definition) is 6. The lowest BCUT2D eigenvalue weighted by Crippen LogP contribution is -2.23. The Balaban J connectivity index is 1.63. The zero-order valence-corrected chi connectivity index (χ0v) is 17.1. The fourth-order valence-corrected chi connectivity index (χ4v) is 4.30. The van der Waals surface area contributed by atoms with E-state index in [0.717, 1.165) is 16.9 Å². The SMILES string of the molecule is COc1ccc(S(=O)(=O)Nc2nc(C(=O)NCc3ccc(Cl)cc3)cs2)cc1. The van der Waals surface area contributed by atoms with Crippen LogP contribution >= 0.6 is 22.9 Å². The third-order valence-corrected chi connectivity index (χ3v) is 6.19. The quantitative estimate of drug-likeness (QED) is 0.589. The summed E-state index contributed by atoms with van der Waals surface area (Å²) in [5, 5.41) is 4.93. The van der Waals surface area contributed by atoms with Crippen LogP contribution in [0.15, 0.2) is 58.8 Å². The number of rotatable bonds is 7. The van der Waals surface area contributed by atoms with E-state index in [2.05, 4.69) is 15.0 Å². The first kappa shape index (κ1) is 20.1. The summed E-state index contributed by atoms with van der Waals surface area (Å²) in [6, 6.07) is 13.0. The van der Waals surface area contributed by atoms with Crippen molar-refractivity contribution in [3.63, 3.8) is 0 Å². The van der Waals surface area contributed by atoms with Crippen LogP contribution in [0.1, 0.15) is 16.1 Å². The normalized spacial score (nSPS) is 11.1. The molecule has 0 saturated carbocycles. The van der Waals surface area contributed by atoms with Gasteiger partial charge in [-0.1, -0.05) is 23.7 Å². The molecule has 10 heteroatoms. The van der Waals surface area contributed by atoms with Crippen LogP contribution in [0.3, 0.4) is 0 Å². The van der Waals surface area contributed by atoms with Crippen LogP contribution in [0, 0.1) is 0 Å². The molecule has 0 atom stereocenters. The van der Waals surface area contributed by atoms with Gasteiger partial charge in [0.15, 0.2) is 5.13 Å². The lowest BCUT2D eigenvalue weighted by Gasteiger charge is -2.06. The Morgan fingerprint density at radius 3 is 2.46 bits per heavy atom. The van der Waals surface area contributed by atoms with Gasteiger partial charge in [-0.2, -0.15) is 0 Å². The number of amides is 1. The highest BCUT2D eigenvalue weighted by Gasteiger charge is 2.18. The molecule has 28 heavy (non-hydrogen) atoms. The molecule has 0 fully saturated rings. The monoisotopic (exact) mass is 437 g/mol. The number of nitrogens with zero attached hydrogens (tertiary/aromatic N) is 1. The molecule has 0 unspecified atom stereocenters. The summed E-state index contributed by atoms with van der Waals surface area (Å²) < 4.78 is 32.2. The number of hydrogen-bond donors (Lipinski definition) is 2. The molecule has 2 aromatic carbocycles. The Morgan fingerprint density at radius 1 is 1.14 bits per heavy atom. The molecule has 0 radical (unpaired) electrons. The molecule has 0 bridgehead atoms. The molecule has 0 saturated heterocycles. The van der Waals surface area contributed by atoms with E-state index in [1.807, 2.05) is 0 Å². The first-order valence-corrected chi connectivity index (χ1v) is 10.8. The summed E-state index contributed by atoms with van der Waals surface area (Å²) in [4.78, 5) is 16.3. The summed E-state index contributed by atoms with van der Waals surface area (Å²) in [5.41, 5.74) is 1.01. The molecule has 146 valence electrons. The van der Waals surface area contributed by atoms with Crippen LogP contribution < -0.4 is 14.8 Å². The second-order valence-corrected chi connectivity index (χ2v) is 8.61. The Morgan fingerprint density at radius 2 is 1.82 bits per heavy atom. The van der Waals surface area contributed by atoms with Crippen molar-refractivity contribution in [2.45, 2.75) is 11.4 Å². The van der Waals surface area contributed by atoms with Crippen molar-refractivity contribution in [1.82, 2.24) is 10.3 Å². The lowest BCUT2D eigenvalue weighted by molar-refractivity contribution is 0.0946. The average molecular weight is 438 g/mol. The number of nitrogens with one attached hydrogen (secondary N) is 2. The number of benzene rings is 2. The van der Waals surface area contributed by atoms with Gasteiger partial charge in [0.1, 0.15) is 11.4 Å². The number of aromatic nitrogens is 1. The van der Waals surface area contributed by atoms with Crippen molar-refractivity contribution >= 4 is 44.0 Å². The van der Waals surface area contributed by atoms with Crippen LogP contribution in [0.2, 0.25) is 5.02 Å². The number of thiazole rings is 1. The molecule has 0 aliphatic heterocycles. The Hall–Kier alpha value is -2.62. The van der Waals surface area contributed by atoms with E-state index in [0.29, 0.717) is 17.3 Å². The standard InChI is InChI=1S/C18H16ClN3O4S2/c1-26-14-6-8-15(9-7-14)28(24,25)22-18-21-16(11-27-18)17(23)20-10-12-2-4-13(19)5-3-12/h2-9,11H,10H2,1H3,(H,20,23)(H,21,22). The van der Waals surface area contributed by atoms with Gasteiger partial charge in [0.05, 0.1) is 12.0 Å². The number of carbonyl (C=O) groups is 1. The summed E-state index contributed by atoms with van der Waals surface area (Å²) in [7, 11) is -2.32. The Kier molecular flexibility index (Phi) is 6.18. The van der Waals surface area contributed by atoms with Gasteiger partial charge in [-0.25, -0.2) is 13.4 Å². The van der Waals surface area contributed by atoms with Crippen molar-refractivity contribution in [2.24, 2.45) is 0 Å². The van der Waals surface area contributed by atoms with E-state index < -0.39 is 15.9 Å². The highest BCUT2D eigenvalue weighted by molar-refractivity contribution is 7.93. The lowest BCUT2D eigenvalue weighted by atomic mass is 10.2. The van der Waals surface area contributed by atoms with Crippen molar-refractivity contribution in [2.75, 3.05) is 11.8 Å². The van der Waals surface area contributed by atoms with Gasteiger partial charge >= 0.3 is 0 Å². The van der Waals surface area contributed by atoms with E-state index >= 15 is 0 Å². The number of ether oxygens (including phenoxy) is 1. The van der Waals surface area contributed by atoms with Gasteiger partial charge in [0.2, 0.25) is 0 Å². The largest absolute Gasteiger partial charge is 0.497 e. The maximum atomic E-state index is 12.4. The minimum absolute atomic E-state index is 0.0669. The highest BCUT2D eigenvalue weighted by atomic mass is 35.5. The number of halogens is 1. The zero-order chi connectivity index (χ0) is 20.1. The van der Waals surface area contributed by atoms with E-state index in [-0.39, 0.29) is 15.7 Å². The average Bonchev–Trinajstić information content (AvgIpc) is 3.15. The Labute approximate surface area is 171 Å². The van der Waals surface area contributed by atoms with Crippen molar-refractivity contribution < 1.29 is 17.9 Å². The first-order chi connectivity index (χ1) is 13.4. The summed E-state index contributed by atoms with van der Waals surface area (Å²) in [6.45, 7) is 0.306. The van der Waals surface area contributed by atoms with Crippen LogP contribution in [0.25, 0.3) is 0 Å². The number of sulfonamides is 1. The molecule has 3 aromatic rings. The van der Waals surface area contributed by atoms with Crippen LogP contribution in [-0.2, 0) is 16.6 Å². The van der Waals surface area contributed by atoms with Crippen molar-refractivity contribution in [1.29, 1.82) is 0 Å². The molecule has 3 rings (SSSR count). The number of carbonyl (C=O) groups excluding carboxylic acids is 1. The maximum absolute atomic E-state index is 12.4. The highest BCUT2D eigenvalue weighted by Crippen LogP contribution is 2.22. The summed E-state index contributed by atoms with van der Waals surface area (Å²) in [6.07, 6.45) is 0. The summed E-state index contributed by atoms with van der Waals surface area (Å²) in [5.74, 6) is 0.147. The molecule has 1 heterocycles. The predicted molar refractivity (Wildman–Crippen MR) is 109 cm³/mol. The third kappa shape index (κ3) is 5.00. The van der Waals surface area contributed by atoms with E-state index in [1.54, 1.807) is 36.4 Å². The molecular weight excluding hydrogens is 422 g/mol. The predicted octanol–water partition coefficient (Wildman–Crippen LogP) is 3.54. The van der Waals surface area contributed by atoms with E-state index in [9.17, 15) is 13.2 Å². The fourth-order valence-electron chi connectivity index (χ4n) is 2.23. The molecule has 0 spiro atoms. The summed E-state index contributed by atoms with van der Waals surface area (Å²) >= 11 is 6.85. The van der Waals surface area contributed by atoms with Gasteiger partial charge < -0.3 is 10.1 Å². The second kappa shape index (κ2) is 8.59. The fraction of sp³-hybridized carbons (Fsp3) is 0.111. The topological polar surface area (TPSA) is 97.4 Å². The molecule has 0 aliphatic rings.